The highest BCUT2D eigenvalue weighted by atomic mass is 19.4. The molecule has 2 heterocycles. The minimum Gasteiger partial charge on any atom is -0.394 e. The predicted octanol–water partition coefficient (Wildman–Crippen LogP) is 2.15. The van der Waals surface area contributed by atoms with E-state index in [1.54, 1.807) is 13.0 Å². The highest BCUT2D eigenvalue weighted by molar-refractivity contribution is 5.94. The summed E-state index contributed by atoms with van der Waals surface area (Å²) in [6.45, 7) is 3.07. The molecule has 0 aliphatic carbocycles. The number of nitrogens with one attached hydrogen (secondary N) is 2. The topological polar surface area (TPSA) is 104 Å². The van der Waals surface area contributed by atoms with Gasteiger partial charge in [-0.3, -0.25) is 4.79 Å². The summed E-state index contributed by atoms with van der Waals surface area (Å²) in [7, 11) is 0. The number of H-pyrrole nitrogens is 1. The maximum absolute atomic E-state index is 12.9. The summed E-state index contributed by atoms with van der Waals surface area (Å²) >= 11 is 0. The summed E-state index contributed by atoms with van der Waals surface area (Å²) in [4.78, 5) is 19.7. The van der Waals surface area contributed by atoms with E-state index < -0.39 is 30.3 Å². The number of aliphatic hydroxyl groups is 1. The molecule has 0 aliphatic heterocycles. The predicted molar refractivity (Wildman–Crippen MR) is 102 cm³/mol. The molecule has 1 amide bonds. The van der Waals surface area contributed by atoms with Crippen molar-refractivity contribution in [1.29, 1.82) is 0 Å². The molecule has 1 atom stereocenters. The summed E-state index contributed by atoms with van der Waals surface area (Å²) < 4.78 is 43.8. The summed E-state index contributed by atoms with van der Waals surface area (Å²) in [6, 6.07) is 3.44. The van der Waals surface area contributed by atoms with Crippen LogP contribution in [0.5, 0.6) is 0 Å². The molecule has 7 nitrogen and oxygen atoms in total. The van der Waals surface area contributed by atoms with Crippen molar-refractivity contribution in [2.75, 3.05) is 6.61 Å². The fourth-order valence-corrected chi connectivity index (χ4v) is 2.94. The molecule has 158 valence electrons. The first-order chi connectivity index (χ1) is 14.3. The van der Waals surface area contributed by atoms with Gasteiger partial charge in [0.1, 0.15) is 6.04 Å². The fraction of sp³-hybridized carbons (Fsp3) is 0.250. The van der Waals surface area contributed by atoms with E-state index in [4.69, 9.17) is 4.52 Å². The van der Waals surface area contributed by atoms with Gasteiger partial charge in [-0.1, -0.05) is 29.4 Å². The van der Waals surface area contributed by atoms with E-state index >= 15 is 0 Å². The van der Waals surface area contributed by atoms with Crippen LogP contribution >= 0.6 is 0 Å². The largest absolute Gasteiger partial charge is 0.416 e. The van der Waals surface area contributed by atoms with E-state index in [1.807, 2.05) is 13.0 Å². The molecule has 0 saturated heterocycles. The normalized spacial score (nSPS) is 14.2. The van der Waals surface area contributed by atoms with Crippen LogP contribution in [0, 0.1) is 0 Å². The number of carbonyl (C=O) groups is 1. The average Bonchev–Trinajstić information content (AvgIpc) is 3.38. The van der Waals surface area contributed by atoms with Gasteiger partial charge in [0, 0.05) is 22.3 Å². The van der Waals surface area contributed by atoms with Crippen molar-refractivity contribution in [3.05, 3.63) is 58.0 Å². The highest BCUT2D eigenvalue weighted by Crippen LogP contribution is 2.31. The fourth-order valence-electron chi connectivity index (χ4n) is 2.94. The Morgan fingerprint density at radius 3 is 2.73 bits per heavy atom. The number of rotatable bonds is 5. The van der Waals surface area contributed by atoms with Crippen LogP contribution in [0.1, 0.15) is 41.7 Å². The Morgan fingerprint density at radius 2 is 2.10 bits per heavy atom. The molecular formula is C20H19F3N4O3. The number of benzene rings is 1. The maximum atomic E-state index is 12.9. The van der Waals surface area contributed by atoms with Crippen LogP contribution in [-0.2, 0) is 6.18 Å². The number of nitrogens with zero attached hydrogens (tertiary/aromatic N) is 2. The Morgan fingerprint density at radius 1 is 1.33 bits per heavy atom. The van der Waals surface area contributed by atoms with Gasteiger partial charge < -0.3 is 19.9 Å². The zero-order valence-corrected chi connectivity index (χ0v) is 16.1. The van der Waals surface area contributed by atoms with E-state index in [-0.39, 0.29) is 17.3 Å². The molecule has 0 saturated carbocycles. The van der Waals surface area contributed by atoms with Crippen LogP contribution < -0.4 is 15.9 Å². The van der Waals surface area contributed by atoms with Crippen LogP contribution in [0.4, 0.5) is 13.2 Å². The molecular weight excluding hydrogens is 401 g/mol. The Bertz CT molecular complexity index is 1160. The van der Waals surface area contributed by atoms with Gasteiger partial charge in [0.15, 0.2) is 0 Å². The van der Waals surface area contributed by atoms with E-state index in [0.717, 1.165) is 17.5 Å². The summed E-state index contributed by atoms with van der Waals surface area (Å²) in [5, 5.41) is 17.4. The Balaban J connectivity index is 1.85. The maximum Gasteiger partial charge on any atom is 0.416 e. The highest BCUT2D eigenvalue weighted by Gasteiger charge is 2.31. The van der Waals surface area contributed by atoms with E-state index in [1.165, 1.54) is 18.3 Å². The van der Waals surface area contributed by atoms with E-state index in [2.05, 4.69) is 20.4 Å². The van der Waals surface area contributed by atoms with Crippen molar-refractivity contribution in [3.8, 4) is 11.4 Å². The molecule has 1 aromatic carbocycles. The quantitative estimate of drug-likeness (QED) is 0.587. The van der Waals surface area contributed by atoms with E-state index in [0.29, 0.717) is 10.8 Å². The zero-order valence-electron chi connectivity index (χ0n) is 16.1. The summed E-state index contributed by atoms with van der Waals surface area (Å²) in [5.41, 5.74) is -0.390. The van der Waals surface area contributed by atoms with Gasteiger partial charge in [-0.25, -0.2) is 0 Å². The molecule has 3 rings (SSSR count). The van der Waals surface area contributed by atoms with Crippen LogP contribution in [0.2, 0.25) is 0 Å². The van der Waals surface area contributed by atoms with Gasteiger partial charge in [0.25, 0.3) is 11.8 Å². The van der Waals surface area contributed by atoms with Crippen molar-refractivity contribution in [2.24, 2.45) is 0 Å². The van der Waals surface area contributed by atoms with Crippen molar-refractivity contribution in [1.82, 2.24) is 20.4 Å². The molecule has 0 radical (unpaired) electrons. The third kappa shape index (κ3) is 4.28. The number of aromatic nitrogens is 3. The lowest BCUT2D eigenvalue weighted by atomic mass is 10.1. The number of halogens is 3. The van der Waals surface area contributed by atoms with Gasteiger partial charge in [0.05, 0.1) is 17.7 Å². The molecule has 0 aliphatic rings. The number of carbonyl (C=O) groups excluding carboxylic acids is 1. The van der Waals surface area contributed by atoms with Crippen LogP contribution in [0.3, 0.4) is 0 Å². The Hall–Kier alpha value is -3.40. The number of aromatic amines is 1. The van der Waals surface area contributed by atoms with Crippen LogP contribution in [0.25, 0.3) is 23.5 Å². The SMILES string of the molecule is C/C=c1/c(C(=O)N[C@@H](CO)c2nc(-c3cccc(C(F)(F)F)c3)no2)c[nH]/c1=C/C. The second-order valence-corrected chi connectivity index (χ2v) is 6.35. The molecule has 0 unspecified atom stereocenters. The third-order valence-corrected chi connectivity index (χ3v) is 4.45. The second kappa shape index (κ2) is 8.54. The van der Waals surface area contributed by atoms with Gasteiger partial charge in [-0.2, -0.15) is 18.2 Å². The molecule has 3 N–H and O–H groups in total. The van der Waals surface area contributed by atoms with Crippen LogP contribution in [0.15, 0.2) is 35.0 Å². The smallest absolute Gasteiger partial charge is 0.394 e. The number of amides is 1. The molecule has 30 heavy (non-hydrogen) atoms. The molecule has 0 bridgehead atoms. The lowest BCUT2D eigenvalue weighted by molar-refractivity contribution is -0.137. The van der Waals surface area contributed by atoms with Crippen LogP contribution in [-0.4, -0.2) is 32.7 Å². The Labute approximate surface area is 168 Å². The number of hydrogen-bond donors (Lipinski definition) is 3. The van der Waals surface area contributed by atoms with Gasteiger partial charge >= 0.3 is 6.18 Å². The van der Waals surface area contributed by atoms with Gasteiger partial charge in [-0.05, 0) is 26.0 Å². The number of alkyl halides is 3. The van der Waals surface area contributed by atoms with E-state index in [9.17, 15) is 23.1 Å². The second-order valence-electron chi connectivity index (χ2n) is 6.35. The first-order valence-electron chi connectivity index (χ1n) is 9.01. The lowest BCUT2D eigenvalue weighted by Gasteiger charge is -2.11. The number of aliphatic hydroxyl groups excluding tert-OH is 1. The average molecular weight is 420 g/mol. The number of hydrogen-bond acceptors (Lipinski definition) is 5. The van der Waals surface area contributed by atoms with Crippen molar-refractivity contribution in [2.45, 2.75) is 26.1 Å². The molecule has 10 heteroatoms. The van der Waals surface area contributed by atoms with Gasteiger partial charge in [-0.15, -0.1) is 0 Å². The van der Waals surface area contributed by atoms with Crippen molar-refractivity contribution in [3.63, 3.8) is 0 Å². The standard InChI is InChI=1S/C20H19F3N4O3/c1-3-13-14(9-24-15(13)4-2)18(29)25-16(10-28)19-26-17(27-30-19)11-6-5-7-12(8-11)20(21,22)23/h3-9,16,24,28H,10H2,1-2H3,(H,25,29)/b13-3-,15-4+/t16-/m0/s1. The first-order valence-corrected chi connectivity index (χ1v) is 9.01. The minimum atomic E-state index is -4.51. The monoisotopic (exact) mass is 420 g/mol. The minimum absolute atomic E-state index is 0.0871. The van der Waals surface area contributed by atoms with Crippen molar-refractivity contribution >= 4 is 18.1 Å². The Kier molecular flexibility index (Phi) is 6.06. The summed E-state index contributed by atoms with van der Waals surface area (Å²) in [5.74, 6) is -0.695. The molecule has 2 aromatic heterocycles. The molecule has 3 aromatic rings. The first kappa shape index (κ1) is 21.3. The molecule has 0 spiro atoms. The van der Waals surface area contributed by atoms with Crippen molar-refractivity contribution < 1.29 is 27.6 Å². The third-order valence-electron chi connectivity index (χ3n) is 4.45. The lowest BCUT2D eigenvalue weighted by Crippen LogP contribution is -2.35. The van der Waals surface area contributed by atoms with Gasteiger partial charge in [0.2, 0.25) is 5.82 Å². The zero-order chi connectivity index (χ0) is 21.9. The summed E-state index contributed by atoms with van der Waals surface area (Å²) in [6.07, 6.45) is 0.613. The molecule has 0 fully saturated rings.